The maximum Gasteiger partial charge on any atom is 0.271 e. The first-order chi connectivity index (χ1) is 12.9. The van der Waals surface area contributed by atoms with E-state index in [9.17, 15) is 9.36 Å². The minimum Gasteiger partial charge on any atom is -0.495 e. The number of anilines is 2. The molecule has 1 aromatic heterocycles. The van der Waals surface area contributed by atoms with E-state index >= 15 is 0 Å². The van der Waals surface area contributed by atoms with Crippen molar-refractivity contribution in [1.29, 1.82) is 0 Å². The molecule has 0 atom stereocenters. The minimum absolute atomic E-state index is 0.0599. The number of ether oxygens (including phenoxy) is 1. The summed E-state index contributed by atoms with van der Waals surface area (Å²) in [4.78, 5) is 11.6. The molecule has 27 heavy (non-hydrogen) atoms. The zero-order valence-corrected chi connectivity index (χ0v) is 16.5. The molecule has 2 saturated carbocycles. The molecule has 3 N–H and O–H groups in total. The van der Waals surface area contributed by atoms with E-state index in [4.69, 9.17) is 22.1 Å². The van der Waals surface area contributed by atoms with Gasteiger partial charge in [0.25, 0.3) is 5.91 Å². The molecule has 9 heteroatoms. The summed E-state index contributed by atoms with van der Waals surface area (Å²) < 4.78 is 19.2. The first-order valence-corrected chi connectivity index (χ1v) is 11.0. The Hall–Kier alpha value is -2.11. The van der Waals surface area contributed by atoms with E-state index in [0.29, 0.717) is 22.8 Å². The Morgan fingerprint density at radius 1 is 1.30 bits per heavy atom. The van der Waals surface area contributed by atoms with E-state index in [2.05, 4.69) is 15.5 Å². The zero-order chi connectivity index (χ0) is 19.2. The fourth-order valence-corrected chi connectivity index (χ4v) is 7.51. The molecule has 142 valence electrons. The fraction of sp³-hybridized carbons (Fsp3) is 0.389. The second kappa shape index (κ2) is 6.80. The molecule has 2 fully saturated rings. The van der Waals surface area contributed by atoms with Crippen molar-refractivity contribution in [2.24, 2.45) is 5.73 Å². The van der Waals surface area contributed by atoms with Gasteiger partial charge in [0.2, 0.25) is 0 Å². The lowest BCUT2D eigenvalue weighted by Crippen LogP contribution is -2.17. The quantitative estimate of drug-likeness (QED) is 0.683. The Kier molecular flexibility index (Phi) is 4.60. The van der Waals surface area contributed by atoms with E-state index in [1.54, 1.807) is 13.2 Å². The van der Waals surface area contributed by atoms with Crippen LogP contribution >= 0.6 is 18.7 Å². The number of hydrogen-bond donors (Lipinski definition) is 2. The van der Waals surface area contributed by atoms with Gasteiger partial charge in [0.15, 0.2) is 5.69 Å². The van der Waals surface area contributed by atoms with E-state index in [-0.39, 0.29) is 16.4 Å². The number of halogens is 1. The molecule has 0 spiro atoms. The van der Waals surface area contributed by atoms with Crippen LogP contribution in [0.15, 0.2) is 24.4 Å². The molecule has 1 amide bonds. The Bertz CT molecular complexity index is 944. The predicted molar refractivity (Wildman–Crippen MR) is 105 cm³/mol. The summed E-state index contributed by atoms with van der Waals surface area (Å²) in [6.45, 7) is 0. The molecule has 0 radical (unpaired) electrons. The number of nitrogens with zero attached hydrogens (tertiary/aromatic N) is 2. The fourth-order valence-electron chi connectivity index (χ4n) is 3.43. The number of rotatable bonds is 7. The molecule has 0 bridgehead atoms. The second-order valence-electron chi connectivity index (χ2n) is 6.96. The summed E-state index contributed by atoms with van der Waals surface area (Å²) in [5.74, 6) is -0.215. The number of amides is 1. The van der Waals surface area contributed by atoms with Crippen molar-refractivity contribution in [2.45, 2.75) is 37.0 Å². The maximum atomic E-state index is 13.7. The third-order valence-electron chi connectivity index (χ3n) is 5.06. The van der Waals surface area contributed by atoms with Crippen molar-refractivity contribution in [3.8, 4) is 5.75 Å². The van der Waals surface area contributed by atoms with Gasteiger partial charge >= 0.3 is 0 Å². The van der Waals surface area contributed by atoms with Crippen LogP contribution in [-0.2, 0) is 4.57 Å². The van der Waals surface area contributed by atoms with Crippen molar-refractivity contribution in [3.05, 3.63) is 35.1 Å². The number of hydrogen-bond acceptors (Lipinski definition) is 6. The van der Waals surface area contributed by atoms with Crippen molar-refractivity contribution in [2.75, 3.05) is 12.4 Å². The average molecular weight is 407 g/mol. The van der Waals surface area contributed by atoms with Gasteiger partial charge in [-0.3, -0.25) is 4.79 Å². The zero-order valence-electron chi connectivity index (χ0n) is 14.8. The Morgan fingerprint density at radius 2 is 1.96 bits per heavy atom. The maximum absolute atomic E-state index is 13.7. The van der Waals surface area contributed by atoms with Gasteiger partial charge in [0.1, 0.15) is 12.9 Å². The summed E-state index contributed by atoms with van der Waals surface area (Å²) in [6, 6.07) is 5.52. The smallest absolute Gasteiger partial charge is 0.271 e. The summed E-state index contributed by atoms with van der Waals surface area (Å²) in [5.41, 5.74) is 6.77. The van der Waals surface area contributed by atoms with E-state index in [1.165, 1.54) is 6.20 Å². The highest BCUT2D eigenvalue weighted by atomic mass is 35.5. The Labute approximate surface area is 162 Å². The van der Waals surface area contributed by atoms with Crippen molar-refractivity contribution in [3.63, 3.8) is 0 Å². The van der Waals surface area contributed by atoms with Gasteiger partial charge in [-0.15, -0.1) is 5.10 Å². The van der Waals surface area contributed by atoms with Gasteiger partial charge in [-0.05, 0) is 43.9 Å². The second-order valence-corrected chi connectivity index (χ2v) is 10.8. The minimum atomic E-state index is -2.40. The molecule has 2 aliphatic carbocycles. The molecular weight excluding hydrogens is 387 g/mol. The van der Waals surface area contributed by atoms with Gasteiger partial charge in [-0.1, -0.05) is 11.6 Å². The number of primary amides is 1. The first kappa shape index (κ1) is 18.3. The van der Waals surface area contributed by atoms with Crippen LogP contribution < -0.4 is 21.1 Å². The van der Waals surface area contributed by atoms with Gasteiger partial charge in [0, 0.05) is 16.6 Å². The summed E-state index contributed by atoms with van der Waals surface area (Å²) in [7, 11) is -0.854. The largest absolute Gasteiger partial charge is 0.495 e. The lowest BCUT2D eigenvalue weighted by atomic mass is 10.2. The summed E-state index contributed by atoms with van der Waals surface area (Å²) in [6.07, 6.45) is 5.48. The van der Waals surface area contributed by atoms with Crippen molar-refractivity contribution >= 4 is 41.3 Å². The van der Waals surface area contributed by atoms with Gasteiger partial charge < -0.3 is 20.4 Å². The first-order valence-electron chi connectivity index (χ1n) is 8.81. The third kappa shape index (κ3) is 3.30. The van der Waals surface area contributed by atoms with Crippen LogP contribution in [0.3, 0.4) is 0 Å². The lowest BCUT2D eigenvalue weighted by molar-refractivity contribution is 0.0995. The van der Waals surface area contributed by atoms with Gasteiger partial charge in [-0.2, -0.15) is 5.10 Å². The number of aromatic nitrogens is 2. The number of carbonyl (C=O) groups is 1. The van der Waals surface area contributed by atoms with Crippen LogP contribution in [0.5, 0.6) is 5.75 Å². The molecule has 4 rings (SSSR count). The normalized spacial score (nSPS) is 16.8. The monoisotopic (exact) mass is 406 g/mol. The predicted octanol–water partition coefficient (Wildman–Crippen LogP) is 3.29. The number of methoxy groups -OCH3 is 1. The molecule has 1 heterocycles. The molecular formula is C18H20ClN4O3P. The van der Waals surface area contributed by atoms with Gasteiger partial charge in [-0.25, -0.2) is 0 Å². The molecule has 1 aromatic carbocycles. The molecule has 0 saturated heterocycles. The third-order valence-corrected chi connectivity index (χ3v) is 9.64. The number of benzene rings is 1. The van der Waals surface area contributed by atoms with Crippen LogP contribution in [-0.4, -0.2) is 34.5 Å². The topological polar surface area (TPSA) is 107 Å². The number of nitrogens with one attached hydrogen (secondary N) is 1. The Morgan fingerprint density at radius 3 is 2.52 bits per heavy atom. The van der Waals surface area contributed by atoms with Crippen molar-refractivity contribution < 1.29 is 14.1 Å². The van der Waals surface area contributed by atoms with E-state index in [1.807, 2.05) is 12.1 Å². The summed E-state index contributed by atoms with van der Waals surface area (Å²) in [5, 5.41) is 11.6. The van der Waals surface area contributed by atoms with E-state index < -0.39 is 13.0 Å². The van der Waals surface area contributed by atoms with Crippen LogP contribution in [0, 0.1) is 0 Å². The van der Waals surface area contributed by atoms with Crippen LogP contribution in [0.2, 0.25) is 5.02 Å². The van der Waals surface area contributed by atoms with Gasteiger partial charge in [0.05, 0.1) is 29.7 Å². The average Bonchev–Trinajstić information content (AvgIpc) is 3.55. The molecule has 7 nitrogen and oxygen atoms in total. The van der Waals surface area contributed by atoms with Crippen LogP contribution in [0.4, 0.5) is 11.4 Å². The SMILES string of the molecule is COc1cc(P(=O)(C2CC2)C2CC2)ccc1Nc1c(Cl)cnnc1C(N)=O. The highest BCUT2D eigenvalue weighted by Gasteiger charge is 2.51. The van der Waals surface area contributed by atoms with Crippen LogP contribution in [0.25, 0.3) is 0 Å². The lowest BCUT2D eigenvalue weighted by Gasteiger charge is -2.20. The van der Waals surface area contributed by atoms with Crippen LogP contribution in [0.1, 0.15) is 36.2 Å². The molecule has 0 unspecified atom stereocenters. The standard InChI is InChI=1S/C18H20ClN4O3P/c1-26-15-8-12(27(25,10-2-3-10)11-4-5-11)6-7-14(15)22-16-13(19)9-21-23-17(16)18(20)24/h6-11H,2-5H2,1H3,(H2,20,24)(H,21,22). The number of nitrogens with two attached hydrogens (primary N) is 1. The van der Waals surface area contributed by atoms with Crippen molar-refractivity contribution in [1.82, 2.24) is 10.2 Å². The number of carbonyl (C=O) groups excluding carboxylic acids is 1. The molecule has 2 aromatic rings. The van der Waals surface area contributed by atoms with E-state index in [0.717, 1.165) is 31.0 Å². The molecule has 2 aliphatic rings. The summed E-state index contributed by atoms with van der Waals surface area (Å²) >= 11 is 6.16. The highest BCUT2D eigenvalue weighted by molar-refractivity contribution is 7.73. The molecule has 0 aliphatic heterocycles. The highest BCUT2D eigenvalue weighted by Crippen LogP contribution is 2.69. The Balaban J connectivity index is 1.71.